The Morgan fingerprint density at radius 2 is 1.95 bits per heavy atom. The molecule has 0 radical (unpaired) electrons. The Morgan fingerprint density at radius 3 is 2.50 bits per heavy atom. The summed E-state index contributed by atoms with van der Waals surface area (Å²) in [5, 5.41) is 2.67. The summed E-state index contributed by atoms with van der Waals surface area (Å²) in [6.45, 7) is 5.55. The fourth-order valence-electron chi connectivity index (χ4n) is 1.89. The Morgan fingerprint density at radius 1 is 1.32 bits per heavy atom. The minimum atomic E-state index is -0.815. The van der Waals surface area contributed by atoms with Gasteiger partial charge < -0.3 is 14.8 Å². The van der Waals surface area contributed by atoms with Gasteiger partial charge in [0.05, 0.1) is 13.0 Å². The van der Waals surface area contributed by atoms with Crippen LogP contribution >= 0.6 is 11.8 Å². The van der Waals surface area contributed by atoms with Gasteiger partial charge in [0, 0.05) is 11.2 Å². The second-order valence-corrected chi connectivity index (χ2v) is 6.89. The molecule has 1 N–H and O–H groups in total. The molecule has 0 aliphatic carbocycles. The van der Waals surface area contributed by atoms with Crippen LogP contribution in [0.3, 0.4) is 0 Å². The molecular formula is C15H20N2O4S. The predicted molar refractivity (Wildman–Crippen MR) is 86.1 cm³/mol. The van der Waals surface area contributed by atoms with Crippen molar-refractivity contribution in [2.45, 2.75) is 31.7 Å². The van der Waals surface area contributed by atoms with Crippen LogP contribution in [0.5, 0.6) is 5.75 Å². The number of benzene rings is 1. The Balaban J connectivity index is 1.98. The van der Waals surface area contributed by atoms with Crippen LogP contribution in [0.1, 0.15) is 20.8 Å². The van der Waals surface area contributed by atoms with Gasteiger partial charge in [0.1, 0.15) is 5.75 Å². The maximum absolute atomic E-state index is 12.3. The Hall–Kier alpha value is -1.89. The molecule has 1 heterocycles. The first-order valence-corrected chi connectivity index (χ1v) is 7.91. The molecule has 6 nitrogen and oxygen atoms in total. The maximum Gasteiger partial charge on any atom is 0.409 e. The summed E-state index contributed by atoms with van der Waals surface area (Å²) >= 11 is 1.28. The zero-order chi connectivity index (χ0) is 16.3. The van der Waals surface area contributed by atoms with E-state index in [-0.39, 0.29) is 5.91 Å². The van der Waals surface area contributed by atoms with Crippen LogP contribution in [0, 0.1) is 0 Å². The molecule has 1 aromatic rings. The number of nitrogens with zero attached hydrogens (tertiary/aromatic N) is 1. The van der Waals surface area contributed by atoms with Crippen LogP contribution in [0.15, 0.2) is 24.3 Å². The molecule has 0 aromatic heterocycles. The van der Waals surface area contributed by atoms with Crippen molar-refractivity contribution in [3.05, 3.63) is 24.3 Å². The minimum absolute atomic E-state index is 0.237. The van der Waals surface area contributed by atoms with Crippen molar-refractivity contribution in [1.29, 1.82) is 0 Å². The van der Waals surface area contributed by atoms with Crippen molar-refractivity contribution in [2.24, 2.45) is 0 Å². The van der Waals surface area contributed by atoms with Crippen molar-refractivity contribution in [2.75, 3.05) is 17.9 Å². The lowest BCUT2D eigenvalue weighted by Gasteiger charge is -2.21. The van der Waals surface area contributed by atoms with Crippen molar-refractivity contribution in [3.8, 4) is 5.75 Å². The van der Waals surface area contributed by atoms with E-state index in [4.69, 9.17) is 9.47 Å². The number of amides is 2. The van der Waals surface area contributed by atoms with E-state index in [2.05, 4.69) is 5.32 Å². The van der Waals surface area contributed by atoms with Crippen LogP contribution in [0.25, 0.3) is 0 Å². The fraction of sp³-hybridized carbons (Fsp3) is 0.467. The van der Waals surface area contributed by atoms with Gasteiger partial charge in [-0.1, -0.05) is 11.8 Å². The number of methoxy groups -OCH3 is 1. The van der Waals surface area contributed by atoms with Gasteiger partial charge in [0.2, 0.25) is 5.44 Å². The van der Waals surface area contributed by atoms with E-state index in [1.807, 2.05) is 20.8 Å². The molecule has 0 bridgehead atoms. The number of carbonyl (C=O) groups excluding carboxylic acids is 2. The predicted octanol–water partition coefficient (Wildman–Crippen LogP) is 2.58. The van der Waals surface area contributed by atoms with Gasteiger partial charge in [-0.25, -0.2) is 4.79 Å². The van der Waals surface area contributed by atoms with E-state index in [1.165, 1.54) is 11.8 Å². The number of carbonyl (C=O) groups is 2. The summed E-state index contributed by atoms with van der Waals surface area (Å²) < 4.78 is 10.3. The summed E-state index contributed by atoms with van der Waals surface area (Å²) in [6.07, 6.45) is -0.588. The third-order valence-electron chi connectivity index (χ3n) is 2.90. The molecule has 1 aliphatic rings. The molecule has 120 valence electrons. The van der Waals surface area contributed by atoms with E-state index in [0.29, 0.717) is 5.88 Å². The van der Waals surface area contributed by atoms with Gasteiger partial charge in [-0.3, -0.25) is 9.69 Å². The third kappa shape index (κ3) is 4.07. The zero-order valence-electron chi connectivity index (χ0n) is 13.1. The average molecular weight is 324 g/mol. The quantitative estimate of drug-likeness (QED) is 0.925. The van der Waals surface area contributed by atoms with E-state index in [1.54, 1.807) is 36.3 Å². The van der Waals surface area contributed by atoms with Gasteiger partial charge >= 0.3 is 6.09 Å². The third-order valence-corrected chi connectivity index (χ3v) is 3.91. The Bertz CT molecular complexity index is 554. The Labute approximate surface area is 134 Å². The van der Waals surface area contributed by atoms with E-state index in [9.17, 15) is 9.59 Å². The number of thioether (sulfide) groups is 1. The second kappa shape index (κ2) is 6.48. The van der Waals surface area contributed by atoms with Crippen LogP contribution in [0.2, 0.25) is 0 Å². The molecule has 22 heavy (non-hydrogen) atoms. The van der Waals surface area contributed by atoms with E-state index >= 15 is 0 Å². The normalized spacial score (nSPS) is 18.3. The highest BCUT2D eigenvalue weighted by atomic mass is 32.2. The number of hydrogen-bond donors (Lipinski definition) is 1. The van der Waals surface area contributed by atoms with Crippen LogP contribution in [0.4, 0.5) is 10.5 Å². The highest BCUT2D eigenvalue weighted by molar-refractivity contribution is 8.01. The first-order chi connectivity index (χ1) is 10.3. The lowest BCUT2D eigenvalue weighted by atomic mass is 10.1. The summed E-state index contributed by atoms with van der Waals surface area (Å²) in [5.41, 5.74) is -0.468. The van der Waals surface area contributed by atoms with Gasteiger partial charge in [-0.2, -0.15) is 0 Å². The standard InChI is InChI=1S/C15H20N2O4S/c1-15(2,3)16-14(19)21-13-12(18)17(9-22-13)10-5-7-11(20-4)8-6-10/h5-8,13H,9H2,1-4H3,(H,16,19). The molecule has 1 fully saturated rings. The van der Waals surface area contributed by atoms with Crippen molar-refractivity contribution >= 4 is 29.4 Å². The number of rotatable bonds is 3. The topological polar surface area (TPSA) is 67.9 Å². The van der Waals surface area contributed by atoms with Gasteiger partial charge in [-0.15, -0.1) is 0 Å². The van der Waals surface area contributed by atoms with Gasteiger partial charge in [0.15, 0.2) is 0 Å². The number of hydrogen-bond acceptors (Lipinski definition) is 5. The van der Waals surface area contributed by atoms with Crippen LogP contribution in [-0.2, 0) is 9.53 Å². The molecule has 1 aromatic carbocycles. The molecule has 0 spiro atoms. The molecule has 1 unspecified atom stereocenters. The van der Waals surface area contributed by atoms with Crippen molar-refractivity contribution in [1.82, 2.24) is 5.32 Å². The molecule has 1 aliphatic heterocycles. The molecule has 2 rings (SSSR count). The van der Waals surface area contributed by atoms with Crippen molar-refractivity contribution in [3.63, 3.8) is 0 Å². The number of nitrogens with one attached hydrogen (secondary N) is 1. The van der Waals surface area contributed by atoms with E-state index < -0.39 is 17.1 Å². The van der Waals surface area contributed by atoms with Crippen molar-refractivity contribution < 1.29 is 19.1 Å². The maximum atomic E-state index is 12.3. The average Bonchev–Trinajstić information content (AvgIpc) is 2.78. The van der Waals surface area contributed by atoms with Gasteiger partial charge in [-0.05, 0) is 45.0 Å². The molecule has 2 amide bonds. The van der Waals surface area contributed by atoms with Gasteiger partial charge in [0.25, 0.3) is 5.91 Å². The highest BCUT2D eigenvalue weighted by Gasteiger charge is 2.36. The SMILES string of the molecule is COc1ccc(N2CSC(OC(=O)NC(C)(C)C)C2=O)cc1. The number of alkyl carbamates (subject to hydrolysis) is 1. The summed E-state index contributed by atoms with van der Waals surface area (Å²) in [7, 11) is 1.59. The largest absolute Gasteiger partial charge is 0.497 e. The summed E-state index contributed by atoms with van der Waals surface area (Å²) in [6, 6.07) is 7.17. The monoisotopic (exact) mass is 324 g/mol. The zero-order valence-corrected chi connectivity index (χ0v) is 13.9. The smallest absolute Gasteiger partial charge is 0.409 e. The number of anilines is 1. The lowest BCUT2D eigenvalue weighted by molar-refractivity contribution is -0.122. The minimum Gasteiger partial charge on any atom is -0.497 e. The fourth-order valence-corrected chi connectivity index (χ4v) is 2.87. The molecular weight excluding hydrogens is 304 g/mol. The molecule has 1 saturated heterocycles. The second-order valence-electron chi connectivity index (χ2n) is 5.87. The summed E-state index contributed by atoms with van der Waals surface area (Å²) in [5.74, 6) is 0.929. The van der Waals surface area contributed by atoms with E-state index in [0.717, 1.165) is 11.4 Å². The Kier molecular flexibility index (Phi) is 4.85. The first kappa shape index (κ1) is 16.5. The first-order valence-electron chi connectivity index (χ1n) is 6.86. The molecule has 1 atom stereocenters. The highest BCUT2D eigenvalue weighted by Crippen LogP contribution is 2.31. The van der Waals surface area contributed by atoms with Crippen LogP contribution in [-0.4, -0.2) is 36.0 Å². The molecule has 7 heteroatoms. The van der Waals surface area contributed by atoms with Crippen LogP contribution < -0.4 is 15.0 Å². The summed E-state index contributed by atoms with van der Waals surface area (Å²) in [4.78, 5) is 25.7. The number of ether oxygens (including phenoxy) is 2. The molecule has 0 saturated carbocycles. The lowest BCUT2D eigenvalue weighted by Crippen LogP contribution is -2.43.